The summed E-state index contributed by atoms with van der Waals surface area (Å²) in [7, 11) is 1.67. The lowest BCUT2D eigenvalue weighted by Gasteiger charge is -2.12. The van der Waals surface area contributed by atoms with Crippen LogP contribution < -0.4 is 5.32 Å². The molecule has 8 heteroatoms. The zero-order valence-corrected chi connectivity index (χ0v) is 16.7. The Morgan fingerprint density at radius 3 is 2.73 bits per heavy atom. The Morgan fingerprint density at radius 2 is 2.08 bits per heavy atom. The molecule has 0 aliphatic heterocycles. The summed E-state index contributed by atoms with van der Waals surface area (Å²) >= 11 is 7.67. The van der Waals surface area contributed by atoms with Crippen LogP contribution in [0.5, 0.6) is 0 Å². The van der Waals surface area contributed by atoms with Crippen LogP contribution in [-0.4, -0.2) is 28.3 Å². The van der Waals surface area contributed by atoms with E-state index in [0.29, 0.717) is 27.9 Å². The molecule has 0 fully saturated rings. The summed E-state index contributed by atoms with van der Waals surface area (Å²) in [5.74, 6) is -0.741. The molecule has 1 amide bonds. The van der Waals surface area contributed by atoms with Gasteiger partial charge in [-0.05, 0) is 44.6 Å². The van der Waals surface area contributed by atoms with Gasteiger partial charge < -0.3 is 10.1 Å². The zero-order chi connectivity index (χ0) is 18.8. The van der Waals surface area contributed by atoms with Crippen LogP contribution in [0.15, 0.2) is 0 Å². The van der Waals surface area contributed by atoms with Crippen molar-refractivity contribution in [3.63, 3.8) is 0 Å². The van der Waals surface area contributed by atoms with E-state index in [1.165, 1.54) is 16.0 Å². The van der Waals surface area contributed by atoms with Gasteiger partial charge in [0, 0.05) is 11.9 Å². The molecule has 1 aliphatic carbocycles. The Morgan fingerprint density at radius 1 is 1.35 bits per heavy atom. The summed E-state index contributed by atoms with van der Waals surface area (Å²) < 4.78 is 6.81. The third-order valence-corrected chi connectivity index (χ3v) is 6.06. The summed E-state index contributed by atoms with van der Waals surface area (Å²) in [5, 5.41) is 7.90. The molecule has 2 aromatic heterocycles. The summed E-state index contributed by atoms with van der Waals surface area (Å²) in [6.45, 7) is 4.06. The molecule has 3 rings (SSSR count). The topological polar surface area (TPSA) is 73.2 Å². The van der Waals surface area contributed by atoms with Crippen LogP contribution in [0.2, 0.25) is 5.02 Å². The van der Waals surface area contributed by atoms with Crippen molar-refractivity contribution in [2.24, 2.45) is 7.05 Å². The van der Waals surface area contributed by atoms with Crippen molar-refractivity contribution < 1.29 is 14.3 Å². The second kappa shape index (κ2) is 7.80. The van der Waals surface area contributed by atoms with Gasteiger partial charge >= 0.3 is 5.97 Å². The van der Waals surface area contributed by atoms with E-state index in [1.54, 1.807) is 14.0 Å². The molecule has 0 atom stereocenters. The van der Waals surface area contributed by atoms with E-state index >= 15 is 0 Å². The predicted octanol–water partition coefficient (Wildman–Crippen LogP) is 4.14. The molecule has 0 bridgehead atoms. The van der Waals surface area contributed by atoms with Gasteiger partial charge in [-0.15, -0.1) is 11.3 Å². The van der Waals surface area contributed by atoms with E-state index in [4.69, 9.17) is 16.3 Å². The first-order chi connectivity index (χ1) is 12.4. The number of rotatable bonds is 5. The maximum Gasteiger partial charge on any atom is 0.341 e. The van der Waals surface area contributed by atoms with Gasteiger partial charge in [0.15, 0.2) is 0 Å². The van der Waals surface area contributed by atoms with E-state index < -0.39 is 0 Å². The molecular weight excluding hydrogens is 374 g/mol. The number of amides is 1. The number of anilines is 1. The third kappa shape index (κ3) is 3.50. The van der Waals surface area contributed by atoms with E-state index in [1.807, 2.05) is 6.92 Å². The summed E-state index contributed by atoms with van der Waals surface area (Å²) in [6.07, 6.45) is 4.65. The fourth-order valence-corrected chi connectivity index (χ4v) is 4.70. The van der Waals surface area contributed by atoms with Crippen molar-refractivity contribution in [3.8, 4) is 0 Å². The molecule has 140 valence electrons. The van der Waals surface area contributed by atoms with E-state index in [0.717, 1.165) is 42.5 Å². The second-order valence-corrected chi connectivity index (χ2v) is 7.86. The van der Waals surface area contributed by atoms with Gasteiger partial charge in [0.05, 0.1) is 22.9 Å². The standard InChI is InChI=1S/C18H22ClN3O3S/c1-4-9-25-18(24)13-11-7-5-6-8-12(11)26-17(13)20-16(23)15-14(19)10(2)21-22(15)3/h4-9H2,1-3H3,(H,20,23). The molecule has 0 saturated carbocycles. The number of esters is 1. The number of halogens is 1. The number of nitrogens with zero attached hydrogens (tertiary/aromatic N) is 2. The molecule has 1 N–H and O–H groups in total. The van der Waals surface area contributed by atoms with Crippen LogP contribution in [-0.2, 0) is 24.6 Å². The molecule has 2 aromatic rings. The Hall–Kier alpha value is -1.86. The van der Waals surface area contributed by atoms with Crippen LogP contribution in [0.3, 0.4) is 0 Å². The number of aromatic nitrogens is 2. The minimum absolute atomic E-state index is 0.281. The minimum Gasteiger partial charge on any atom is -0.462 e. The minimum atomic E-state index is -0.374. The normalized spacial score (nSPS) is 13.4. The van der Waals surface area contributed by atoms with Gasteiger partial charge in [-0.1, -0.05) is 18.5 Å². The van der Waals surface area contributed by atoms with Gasteiger partial charge in [0.2, 0.25) is 0 Å². The molecule has 0 radical (unpaired) electrons. The van der Waals surface area contributed by atoms with Gasteiger partial charge in [0.1, 0.15) is 10.7 Å². The molecule has 0 saturated heterocycles. The molecule has 0 unspecified atom stereocenters. The molecule has 2 heterocycles. The average Bonchev–Trinajstić information content (AvgIpc) is 3.09. The third-order valence-electron chi connectivity index (χ3n) is 4.40. The van der Waals surface area contributed by atoms with Crippen LogP contribution in [0, 0.1) is 6.92 Å². The average molecular weight is 396 g/mol. The molecule has 6 nitrogen and oxygen atoms in total. The number of carbonyl (C=O) groups excluding carboxylic acids is 2. The van der Waals surface area contributed by atoms with Gasteiger partial charge in [-0.25, -0.2) is 4.79 Å². The fourth-order valence-electron chi connectivity index (χ4n) is 3.18. The van der Waals surface area contributed by atoms with E-state index in [2.05, 4.69) is 10.4 Å². The lowest BCUT2D eigenvalue weighted by Crippen LogP contribution is -2.18. The van der Waals surface area contributed by atoms with Crippen molar-refractivity contribution in [3.05, 3.63) is 32.4 Å². The van der Waals surface area contributed by atoms with Crippen molar-refractivity contribution in [2.45, 2.75) is 46.0 Å². The maximum atomic E-state index is 12.8. The monoisotopic (exact) mass is 395 g/mol. The summed E-state index contributed by atoms with van der Waals surface area (Å²) in [4.78, 5) is 26.5. The van der Waals surface area contributed by atoms with Crippen molar-refractivity contribution in [1.82, 2.24) is 9.78 Å². The SMILES string of the molecule is CCCOC(=O)c1c(NC(=O)c2c(Cl)c(C)nn2C)sc2c1CCCC2. The van der Waals surface area contributed by atoms with Crippen molar-refractivity contribution in [1.29, 1.82) is 0 Å². The maximum absolute atomic E-state index is 12.8. The fraction of sp³-hybridized carbons (Fsp3) is 0.500. The van der Waals surface area contributed by atoms with Gasteiger partial charge in [0.25, 0.3) is 5.91 Å². The predicted molar refractivity (Wildman–Crippen MR) is 102 cm³/mol. The molecular formula is C18H22ClN3O3S. The Labute approximate surface area is 161 Å². The number of ether oxygens (including phenoxy) is 1. The zero-order valence-electron chi connectivity index (χ0n) is 15.1. The van der Waals surface area contributed by atoms with E-state index in [9.17, 15) is 9.59 Å². The van der Waals surface area contributed by atoms with Gasteiger partial charge in [-0.2, -0.15) is 5.10 Å². The second-order valence-electron chi connectivity index (χ2n) is 6.38. The highest BCUT2D eigenvalue weighted by molar-refractivity contribution is 7.17. The summed E-state index contributed by atoms with van der Waals surface area (Å²) in [6, 6.07) is 0. The summed E-state index contributed by atoms with van der Waals surface area (Å²) in [5.41, 5.74) is 2.39. The smallest absolute Gasteiger partial charge is 0.341 e. The number of thiophene rings is 1. The van der Waals surface area contributed by atoms with Crippen LogP contribution in [0.1, 0.15) is 63.2 Å². The Balaban J connectivity index is 1.95. The van der Waals surface area contributed by atoms with Crippen molar-refractivity contribution >= 4 is 39.8 Å². The first-order valence-electron chi connectivity index (χ1n) is 8.76. The Bertz CT molecular complexity index is 856. The molecule has 0 spiro atoms. The first-order valence-corrected chi connectivity index (χ1v) is 9.95. The number of nitrogens with one attached hydrogen (secondary N) is 1. The first kappa shape index (κ1) is 18.9. The largest absolute Gasteiger partial charge is 0.462 e. The van der Waals surface area contributed by atoms with Crippen LogP contribution in [0.25, 0.3) is 0 Å². The van der Waals surface area contributed by atoms with Crippen LogP contribution >= 0.6 is 22.9 Å². The molecule has 26 heavy (non-hydrogen) atoms. The number of carbonyl (C=O) groups is 2. The Kier molecular flexibility index (Phi) is 5.67. The van der Waals surface area contributed by atoms with E-state index in [-0.39, 0.29) is 17.6 Å². The highest BCUT2D eigenvalue weighted by Crippen LogP contribution is 2.39. The highest BCUT2D eigenvalue weighted by Gasteiger charge is 2.28. The van der Waals surface area contributed by atoms with Crippen LogP contribution in [0.4, 0.5) is 5.00 Å². The lowest BCUT2D eigenvalue weighted by molar-refractivity contribution is 0.0505. The lowest BCUT2D eigenvalue weighted by atomic mass is 9.95. The quantitative estimate of drug-likeness (QED) is 0.772. The van der Waals surface area contributed by atoms with Gasteiger partial charge in [-0.3, -0.25) is 9.48 Å². The number of aryl methyl sites for hydroxylation is 3. The molecule has 1 aliphatic rings. The number of hydrogen-bond donors (Lipinski definition) is 1. The van der Waals surface area contributed by atoms with Crippen molar-refractivity contribution in [2.75, 3.05) is 11.9 Å². The molecule has 0 aromatic carbocycles. The highest BCUT2D eigenvalue weighted by atomic mass is 35.5. The number of fused-ring (bicyclic) bond motifs is 1. The number of hydrogen-bond acceptors (Lipinski definition) is 5.